The summed E-state index contributed by atoms with van der Waals surface area (Å²) in [5, 5.41) is 18.0. The van der Waals surface area contributed by atoms with Gasteiger partial charge in [-0.15, -0.1) is 0 Å². The standard InChI is InChI=1S/C20H42O3/c1-2-3-4-5-6-7-8-9-10-11-12-13-14-15-18-23-19-20(22)16-17-21/h20-22H,2-19H2,1H3/t20-/m0/s1. The van der Waals surface area contributed by atoms with Gasteiger partial charge in [0.15, 0.2) is 0 Å². The number of hydrogen-bond donors (Lipinski definition) is 2. The highest BCUT2D eigenvalue weighted by molar-refractivity contribution is 4.52. The quantitative estimate of drug-likeness (QED) is 0.319. The minimum absolute atomic E-state index is 0.0311. The van der Waals surface area contributed by atoms with Gasteiger partial charge in [-0.1, -0.05) is 90.4 Å². The van der Waals surface area contributed by atoms with Gasteiger partial charge in [0.05, 0.1) is 12.7 Å². The van der Waals surface area contributed by atoms with Gasteiger partial charge in [-0.25, -0.2) is 0 Å². The molecule has 0 aliphatic heterocycles. The van der Waals surface area contributed by atoms with Gasteiger partial charge in [-0.3, -0.25) is 0 Å². The Morgan fingerprint density at radius 2 is 1.13 bits per heavy atom. The molecule has 3 heteroatoms. The van der Waals surface area contributed by atoms with Gasteiger partial charge < -0.3 is 14.9 Å². The summed E-state index contributed by atoms with van der Waals surface area (Å²) in [5.74, 6) is 0. The van der Waals surface area contributed by atoms with Crippen molar-refractivity contribution in [2.75, 3.05) is 19.8 Å². The second-order valence-corrected chi connectivity index (χ2v) is 6.84. The van der Waals surface area contributed by atoms with E-state index in [-0.39, 0.29) is 6.61 Å². The van der Waals surface area contributed by atoms with Crippen molar-refractivity contribution in [1.82, 2.24) is 0 Å². The maximum absolute atomic E-state index is 9.38. The van der Waals surface area contributed by atoms with E-state index in [4.69, 9.17) is 9.84 Å². The lowest BCUT2D eigenvalue weighted by molar-refractivity contribution is 0.0228. The van der Waals surface area contributed by atoms with Gasteiger partial charge >= 0.3 is 0 Å². The monoisotopic (exact) mass is 330 g/mol. The summed E-state index contributed by atoms with van der Waals surface area (Å²) < 4.78 is 5.39. The number of aliphatic hydroxyl groups is 2. The lowest BCUT2D eigenvalue weighted by Gasteiger charge is -2.09. The predicted molar refractivity (Wildman–Crippen MR) is 98.8 cm³/mol. The van der Waals surface area contributed by atoms with E-state index >= 15 is 0 Å². The smallest absolute Gasteiger partial charge is 0.0795 e. The highest BCUT2D eigenvalue weighted by Gasteiger charge is 2.02. The molecule has 0 aliphatic rings. The third-order valence-corrected chi connectivity index (χ3v) is 4.41. The van der Waals surface area contributed by atoms with E-state index < -0.39 is 6.10 Å². The van der Waals surface area contributed by atoms with E-state index in [2.05, 4.69) is 6.92 Å². The topological polar surface area (TPSA) is 49.7 Å². The number of rotatable bonds is 19. The van der Waals surface area contributed by atoms with Crippen LogP contribution in [-0.4, -0.2) is 36.1 Å². The van der Waals surface area contributed by atoms with Gasteiger partial charge in [-0.05, 0) is 12.8 Å². The van der Waals surface area contributed by atoms with Crippen LogP contribution in [0.3, 0.4) is 0 Å². The zero-order chi connectivity index (χ0) is 17.0. The van der Waals surface area contributed by atoms with Crippen molar-refractivity contribution in [2.24, 2.45) is 0 Å². The Hall–Kier alpha value is -0.120. The molecule has 2 N–H and O–H groups in total. The molecule has 0 aromatic carbocycles. The van der Waals surface area contributed by atoms with Crippen LogP contribution < -0.4 is 0 Å². The van der Waals surface area contributed by atoms with Crippen LogP contribution in [0.25, 0.3) is 0 Å². The van der Waals surface area contributed by atoms with Crippen LogP contribution >= 0.6 is 0 Å². The molecule has 0 aliphatic carbocycles. The third kappa shape index (κ3) is 19.8. The van der Waals surface area contributed by atoms with Crippen LogP contribution in [0.4, 0.5) is 0 Å². The molecule has 0 amide bonds. The van der Waals surface area contributed by atoms with E-state index in [9.17, 15) is 5.11 Å². The van der Waals surface area contributed by atoms with Crippen molar-refractivity contribution in [3.8, 4) is 0 Å². The molecule has 0 radical (unpaired) electrons. The summed E-state index contributed by atoms with van der Waals surface area (Å²) in [5.41, 5.74) is 0. The molecule has 0 spiro atoms. The van der Waals surface area contributed by atoms with Crippen molar-refractivity contribution in [3.63, 3.8) is 0 Å². The van der Waals surface area contributed by atoms with Gasteiger partial charge in [0.25, 0.3) is 0 Å². The molecule has 0 aromatic heterocycles. The minimum Gasteiger partial charge on any atom is -0.396 e. The molecule has 0 unspecified atom stereocenters. The van der Waals surface area contributed by atoms with Crippen LogP contribution in [-0.2, 0) is 4.74 Å². The van der Waals surface area contributed by atoms with E-state index in [1.165, 1.54) is 83.5 Å². The number of aliphatic hydroxyl groups excluding tert-OH is 2. The number of unbranched alkanes of at least 4 members (excludes halogenated alkanes) is 13. The Morgan fingerprint density at radius 3 is 1.57 bits per heavy atom. The van der Waals surface area contributed by atoms with Crippen molar-refractivity contribution in [2.45, 2.75) is 109 Å². The summed E-state index contributed by atoms with van der Waals surface area (Å²) in [7, 11) is 0. The first-order chi connectivity index (χ1) is 11.3. The summed E-state index contributed by atoms with van der Waals surface area (Å²) >= 11 is 0. The van der Waals surface area contributed by atoms with E-state index in [0.717, 1.165) is 13.0 Å². The molecular formula is C20H42O3. The molecule has 0 aromatic rings. The zero-order valence-corrected chi connectivity index (χ0v) is 15.6. The minimum atomic E-state index is -0.508. The molecule has 0 heterocycles. The average molecular weight is 331 g/mol. The molecule has 0 saturated carbocycles. The molecule has 1 atom stereocenters. The number of ether oxygens (including phenoxy) is 1. The summed E-state index contributed by atoms with van der Waals surface area (Å²) in [6.45, 7) is 3.40. The van der Waals surface area contributed by atoms with Crippen LogP contribution in [0.15, 0.2) is 0 Å². The Bertz CT molecular complexity index is 209. The SMILES string of the molecule is CCCCCCCCCCCCCCCCOC[C@@H](O)CCO. The van der Waals surface area contributed by atoms with Crippen LogP contribution in [0.5, 0.6) is 0 Å². The summed E-state index contributed by atoms with van der Waals surface area (Å²) in [4.78, 5) is 0. The predicted octanol–water partition coefficient (Wildman–Crippen LogP) is 5.23. The van der Waals surface area contributed by atoms with E-state index in [0.29, 0.717) is 13.0 Å². The fraction of sp³-hybridized carbons (Fsp3) is 1.00. The molecule has 0 rings (SSSR count). The largest absolute Gasteiger partial charge is 0.396 e. The summed E-state index contributed by atoms with van der Waals surface area (Å²) in [6, 6.07) is 0. The molecular weight excluding hydrogens is 288 g/mol. The molecule has 0 saturated heterocycles. The Balaban J connectivity index is 3.00. The molecule has 140 valence electrons. The van der Waals surface area contributed by atoms with E-state index in [1.807, 2.05) is 0 Å². The second kappa shape index (κ2) is 19.9. The Labute approximate surface area is 144 Å². The summed E-state index contributed by atoms with van der Waals surface area (Å²) in [6.07, 6.45) is 19.0. The average Bonchev–Trinajstić information content (AvgIpc) is 2.54. The van der Waals surface area contributed by atoms with Gasteiger partial charge in [-0.2, -0.15) is 0 Å². The number of hydrogen-bond acceptors (Lipinski definition) is 3. The maximum atomic E-state index is 9.38. The highest BCUT2D eigenvalue weighted by atomic mass is 16.5. The zero-order valence-electron chi connectivity index (χ0n) is 15.6. The maximum Gasteiger partial charge on any atom is 0.0795 e. The third-order valence-electron chi connectivity index (χ3n) is 4.41. The van der Waals surface area contributed by atoms with Gasteiger partial charge in [0, 0.05) is 13.2 Å². The van der Waals surface area contributed by atoms with Crippen molar-refractivity contribution >= 4 is 0 Å². The molecule has 0 fully saturated rings. The Kier molecular flexibility index (Phi) is 19.8. The lowest BCUT2D eigenvalue weighted by Crippen LogP contribution is -2.17. The van der Waals surface area contributed by atoms with Gasteiger partial charge in [0.1, 0.15) is 0 Å². The normalized spacial score (nSPS) is 12.7. The van der Waals surface area contributed by atoms with Crippen molar-refractivity contribution < 1.29 is 14.9 Å². The van der Waals surface area contributed by atoms with Crippen LogP contribution in [0, 0.1) is 0 Å². The van der Waals surface area contributed by atoms with Crippen LogP contribution in [0.1, 0.15) is 103 Å². The van der Waals surface area contributed by atoms with E-state index in [1.54, 1.807) is 0 Å². The molecule has 0 bridgehead atoms. The molecule has 23 heavy (non-hydrogen) atoms. The Morgan fingerprint density at radius 1 is 0.696 bits per heavy atom. The first-order valence-corrected chi connectivity index (χ1v) is 10.2. The first kappa shape index (κ1) is 22.9. The lowest BCUT2D eigenvalue weighted by atomic mass is 10.0. The fourth-order valence-electron chi connectivity index (χ4n) is 2.85. The van der Waals surface area contributed by atoms with Gasteiger partial charge in [0.2, 0.25) is 0 Å². The van der Waals surface area contributed by atoms with Crippen molar-refractivity contribution in [1.29, 1.82) is 0 Å². The highest BCUT2D eigenvalue weighted by Crippen LogP contribution is 2.12. The van der Waals surface area contributed by atoms with Crippen molar-refractivity contribution in [3.05, 3.63) is 0 Å². The van der Waals surface area contributed by atoms with Crippen LogP contribution in [0.2, 0.25) is 0 Å². The molecule has 3 nitrogen and oxygen atoms in total. The fourth-order valence-corrected chi connectivity index (χ4v) is 2.85. The second-order valence-electron chi connectivity index (χ2n) is 6.84. The first-order valence-electron chi connectivity index (χ1n) is 10.2.